The Hall–Kier alpha value is -0.120. The van der Waals surface area contributed by atoms with Gasteiger partial charge in [0.25, 0.3) is 0 Å². The molecule has 2 aliphatic heterocycles. The van der Waals surface area contributed by atoms with Gasteiger partial charge in [-0.1, -0.05) is 12.8 Å². The van der Waals surface area contributed by atoms with Crippen molar-refractivity contribution < 1.29 is 14.2 Å². The van der Waals surface area contributed by atoms with Crippen LogP contribution in [0.25, 0.3) is 0 Å². The standard InChI is InChI=1S/C10H18O3/c1-2-5-9(11-6-3-1)10-12-7-4-8-13-10/h9-10H,1-8H2. The highest BCUT2D eigenvalue weighted by atomic mass is 16.7. The molecule has 2 aliphatic rings. The second-order valence-electron chi connectivity index (χ2n) is 3.72. The Kier molecular flexibility index (Phi) is 3.58. The van der Waals surface area contributed by atoms with Gasteiger partial charge in [-0.15, -0.1) is 0 Å². The predicted molar refractivity (Wildman–Crippen MR) is 48.5 cm³/mol. The lowest BCUT2D eigenvalue weighted by Crippen LogP contribution is -2.37. The minimum Gasteiger partial charge on any atom is -0.373 e. The molecule has 0 aliphatic carbocycles. The summed E-state index contributed by atoms with van der Waals surface area (Å²) in [5.41, 5.74) is 0. The topological polar surface area (TPSA) is 27.7 Å². The molecule has 2 saturated heterocycles. The van der Waals surface area contributed by atoms with E-state index in [-0.39, 0.29) is 12.4 Å². The molecule has 0 aromatic carbocycles. The SMILES string of the molecule is C1CCOC(C2OCCCO2)CC1. The van der Waals surface area contributed by atoms with Gasteiger partial charge in [-0.05, 0) is 19.3 Å². The highest BCUT2D eigenvalue weighted by Crippen LogP contribution is 2.20. The van der Waals surface area contributed by atoms with E-state index >= 15 is 0 Å². The highest BCUT2D eigenvalue weighted by Gasteiger charge is 2.26. The predicted octanol–water partition coefficient (Wildman–Crippen LogP) is 1.71. The molecule has 76 valence electrons. The molecular formula is C10H18O3. The molecule has 0 aromatic rings. The van der Waals surface area contributed by atoms with Crippen molar-refractivity contribution in [3.8, 4) is 0 Å². The Balaban J connectivity index is 1.82. The molecule has 2 heterocycles. The molecule has 3 nitrogen and oxygen atoms in total. The summed E-state index contributed by atoms with van der Waals surface area (Å²) in [6.07, 6.45) is 5.91. The fourth-order valence-electron chi connectivity index (χ4n) is 1.88. The molecule has 1 atom stereocenters. The summed E-state index contributed by atoms with van der Waals surface area (Å²) < 4.78 is 16.7. The first-order chi connectivity index (χ1) is 6.47. The quantitative estimate of drug-likeness (QED) is 0.624. The minimum atomic E-state index is -0.0909. The van der Waals surface area contributed by atoms with Gasteiger partial charge in [0, 0.05) is 6.61 Å². The monoisotopic (exact) mass is 186 g/mol. The van der Waals surface area contributed by atoms with Crippen molar-refractivity contribution in [3.05, 3.63) is 0 Å². The summed E-state index contributed by atoms with van der Waals surface area (Å²) >= 11 is 0. The van der Waals surface area contributed by atoms with Crippen LogP contribution in [0.2, 0.25) is 0 Å². The van der Waals surface area contributed by atoms with Crippen molar-refractivity contribution in [1.29, 1.82) is 0 Å². The second-order valence-corrected chi connectivity index (χ2v) is 3.72. The Morgan fingerprint density at radius 2 is 1.46 bits per heavy atom. The van der Waals surface area contributed by atoms with Crippen LogP contribution in [0.4, 0.5) is 0 Å². The van der Waals surface area contributed by atoms with E-state index in [2.05, 4.69) is 0 Å². The van der Waals surface area contributed by atoms with E-state index in [9.17, 15) is 0 Å². The third-order valence-electron chi connectivity index (χ3n) is 2.62. The molecular weight excluding hydrogens is 168 g/mol. The van der Waals surface area contributed by atoms with Crippen molar-refractivity contribution in [2.24, 2.45) is 0 Å². The van der Waals surface area contributed by atoms with E-state index < -0.39 is 0 Å². The van der Waals surface area contributed by atoms with Crippen LogP contribution in [-0.4, -0.2) is 32.2 Å². The zero-order valence-corrected chi connectivity index (χ0v) is 8.04. The first-order valence-corrected chi connectivity index (χ1v) is 5.31. The zero-order valence-electron chi connectivity index (χ0n) is 8.04. The van der Waals surface area contributed by atoms with Gasteiger partial charge in [0.05, 0.1) is 13.2 Å². The fourth-order valence-corrected chi connectivity index (χ4v) is 1.88. The number of ether oxygens (including phenoxy) is 3. The zero-order chi connectivity index (χ0) is 8.93. The van der Waals surface area contributed by atoms with Gasteiger partial charge in [0.2, 0.25) is 0 Å². The lowest BCUT2D eigenvalue weighted by molar-refractivity contribution is -0.232. The molecule has 2 rings (SSSR count). The van der Waals surface area contributed by atoms with Gasteiger partial charge in [-0.25, -0.2) is 0 Å². The molecule has 0 spiro atoms. The van der Waals surface area contributed by atoms with Crippen LogP contribution in [0.15, 0.2) is 0 Å². The molecule has 0 amide bonds. The van der Waals surface area contributed by atoms with Crippen molar-refractivity contribution in [3.63, 3.8) is 0 Å². The summed E-state index contributed by atoms with van der Waals surface area (Å²) in [6, 6.07) is 0. The van der Waals surface area contributed by atoms with E-state index in [1.165, 1.54) is 19.3 Å². The molecule has 2 fully saturated rings. The van der Waals surface area contributed by atoms with Crippen LogP contribution in [0, 0.1) is 0 Å². The smallest absolute Gasteiger partial charge is 0.183 e. The molecule has 0 radical (unpaired) electrons. The summed E-state index contributed by atoms with van der Waals surface area (Å²) in [7, 11) is 0. The number of hydrogen-bond donors (Lipinski definition) is 0. The van der Waals surface area contributed by atoms with E-state index in [1.807, 2.05) is 0 Å². The maximum absolute atomic E-state index is 5.69. The van der Waals surface area contributed by atoms with Crippen molar-refractivity contribution in [1.82, 2.24) is 0 Å². The van der Waals surface area contributed by atoms with Crippen molar-refractivity contribution in [2.45, 2.75) is 44.5 Å². The molecule has 13 heavy (non-hydrogen) atoms. The van der Waals surface area contributed by atoms with Crippen LogP contribution >= 0.6 is 0 Å². The van der Waals surface area contributed by atoms with Crippen LogP contribution in [0.5, 0.6) is 0 Å². The lowest BCUT2D eigenvalue weighted by atomic mass is 10.1. The minimum absolute atomic E-state index is 0.0909. The largest absolute Gasteiger partial charge is 0.373 e. The van der Waals surface area contributed by atoms with Gasteiger partial charge < -0.3 is 14.2 Å². The van der Waals surface area contributed by atoms with E-state index in [0.29, 0.717) is 0 Å². The molecule has 1 unspecified atom stereocenters. The first-order valence-electron chi connectivity index (χ1n) is 5.31. The van der Waals surface area contributed by atoms with Gasteiger partial charge >= 0.3 is 0 Å². The van der Waals surface area contributed by atoms with Crippen molar-refractivity contribution in [2.75, 3.05) is 19.8 Å². The summed E-state index contributed by atoms with van der Waals surface area (Å²) in [5, 5.41) is 0. The highest BCUT2D eigenvalue weighted by molar-refractivity contribution is 4.68. The normalized spacial score (nSPS) is 32.8. The Morgan fingerprint density at radius 1 is 0.692 bits per heavy atom. The molecule has 0 saturated carbocycles. The average Bonchev–Trinajstić information content (AvgIpc) is 2.47. The Bertz CT molecular complexity index is 135. The van der Waals surface area contributed by atoms with Gasteiger partial charge in [0.15, 0.2) is 6.29 Å². The maximum atomic E-state index is 5.69. The molecule has 0 aromatic heterocycles. The summed E-state index contributed by atoms with van der Waals surface area (Å²) in [5.74, 6) is 0. The van der Waals surface area contributed by atoms with Gasteiger partial charge in [-0.2, -0.15) is 0 Å². The Labute approximate surface area is 79.4 Å². The average molecular weight is 186 g/mol. The number of rotatable bonds is 1. The van der Waals surface area contributed by atoms with E-state index in [0.717, 1.165) is 32.7 Å². The molecule has 0 N–H and O–H groups in total. The molecule has 3 heteroatoms. The van der Waals surface area contributed by atoms with E-state index in [1.54, 1.807) is 0 Å². The van der Waals surface area contributed by atoms with E-state index in [4.69, 9.17) is 14.2 Å². The van der Waals surface area contributed by atoms with Gasteiger partial charge in [0.1, 0.15) is 6.10 Å². The van der Waals surface area contributed by atoms with Crippen LogP contribution in [0.1, 0.15) is 32.1 Å². The first kappa shape index (κ1) is 9.44. The fraction of sp³-hybridized carbons (Fsp3) is 1.00. The summed E-state index contributed by atoms with van der Waals surface area (Å²) in [6.45, 7) is 2.52. The molecule has 0 bridgehead atoms. The lowest BCUT2D eigenvalue weighted by Gasteiger charge is -2.29. The third kappa shape index (κ3) is 2.66. The maximum Gasteiger partial charge on any atom is 0.183 e. The third-order valence-corrected chi connectivity index (χ3v) is 2.62. The summed E-state index contributed by atoms with van der Waals surface area (Å²) in [4.78, 5) is 0. The van der Waals surface area contributed by atoms with Crippen LogP contribution in [0.3, 0.4) is 0 Å². The number of hydrogen-bond acceptors (Lipinski definition) is 3. The van der Waals surface area contributed by atoms with Crippen molar-refractivity contribution >= 4 is 0 Å². The van der Waals surface area contributed by atoms with Crippen LogP contribution in [-0.2, 0) is 14.2 Å². The Morgan fingerprint density at radius 3 is 2.31 bits per heavy atom. The van der Waals surface area contributed by atoms with Gasteiger partial charge in [-0.3, -0.25) is 0 Å². The second kappa shape index (κ2) is 4.94. The van der Waals surface area contributed by atoms with Crippen LogP contribution < -0.4 is 0 Å².